The first-order valence-electron chi connectivity index (χ1n) is 3.34. The number of aromatic nitrogens is 1. The number of pyridine rings is 1. The van der Waals surface area contributed by atoms with Gasteiger partial charge in [0.15, 0.2) is 18.9 Å². The van der Waals surface area contributed by atoms with Crippen LogP contribution < -0.4 is 21.5 Å². The summed E-state index contributed by atoms with van der Waals surface area (Å²) in [5.74, 6) is 0. The molecule has 0 spiro atoms. The Morgan fingerprint density at radius 1 is 1.36 bits per heavy atom. The zero-order valence-corrected chi connectivity index (χ0v) is 8.01. The number of alkyl halides is 1. The second-order valence-corrected chi connectivity index (χ2v) is 2.30. The van der Waals surface area contributed by atoms with Crippen LogP contribution in [0.1, 0.15) is 5.56 Å². The van der Waals surface area contributed by atoms with E-state index in [-0.39, 0.29) is 23.7 Å². The summed E-state index contributed by atoms with van der Waals surface area (Å²) in [7, 11) is 0. The molecular weight excluding hydrogens is 209 g/mol. The summed E-state index contributed by atoms with van der Waals surface area (Å²) in [6, 6.07) is 3.94. The van der Waals surface area contributed by atoms with E-state index in [0.717, 1.165) is 0 Å². The summed E-state index contributed by atoms with van der Waals surface area (Å²) >= 11 is 0. The summed E-state index contributed by atoms with van der Waals surface area (Å²) in [6.45, 7) is 2.17. The van der Waals surface area contributed by atoms with Crippen LogP contribution in [0.15, 0.2) is 24.5 Å². The minimum atomic E-state index is -0.298. The maximum absolute atomic E-state index is 11.8. The Morgan fingerprint density at radius 2 is 1.91 bits per heavy atom. The van der Waals surface area contributed by atoms with Gasteiger partial charge in [-0.3, -0.25) is 0 Å². The third-order valence-corrected chi connectivity index (χ3v) is 1.40. The van der Waals surface area contributed by atoms with E-state index in [9.17, 15) is 4.39 Å². The van der Waals surface area contributed by atoms with E-state index in [0.29, 0.717) is 6.54 Å². The average Bonchev–Trinajstić information content (AvgIpc) is 1.95. The van der Waals surface area contributed by atoms with Crippen LogP contribution in [-0.4, -0.2) is 6.67 Å². The molecule has 0 aliphatic heterocycles. The van der Waals surface area contributed by atoms with E-state index in [1.54, 1.807) is 0 Å². The third-order valence-electron chi connectivity index (χ3n) is 1.40. The molecule has 0 unspecified atom stereocenters. The normalized spacial score (nSPS) is 8.91. The molecule has 0 saturated heterocycles. The van der Waals surface area contributed by atoms with Crippen molar-refractivity contribution in [3.05, 3.63) is 30.1 Å². The highest BCUT2D eigenvalue weighted by molar-refractivity contribution is 5.03. The van der Waals surface area contributed by atoms with E-state index in [1.807, 2.05) is 36.0 Å². The van der Waals surface area contributed by atoms with Crippen LogP contribution in [0.2, 0.25) is 0 Å². The second kappa shape index (κ2) is 5.24. The Labute approximate surface area is 76.6 Å². The molecule has 3 heteroatoms. The monoisotopic (exact) mass is 219 g/mol. The van der Waals surface area contributed by atoms with E-state index < -0.39 is 0 Å². The first-order chi connectivity index (χ1) is 4.83. The van der Waals surface area contributed by atoms with Crippen molar-refractivity contribution in [3.63, 3.8) is 0 Å². The molecule has 0 bridgehead atoms. The lowest BCUT2D eigenvalue weighted by molar-refractivity contribution is -0.696. The largest absolute Gasteiger partial charge is 1.00 e. The molecule has 1 heterocycles. The van der Waals surface area contributed by atoms with Crippen molar-refractivity contribution >= 4 is 0 Å². The molecule has 0 atom stereocenters. The third kappa shape index (κ3) is 3.46. The topological polar surface area (TPSA) is 3.88 Å². The molecule has 0 aliphatic carbocycles. The molecule has 1 nitrogen and oxygen atoms in total. The fourth-order valence-electron chi connectivity index (χ4n) is 0.779. The molecule has 0 saturated carbocycles. The molecule has 62 valence electrons. The van der Waals surface area contributed by atoms with Crippen molar-refractivity contribution in [2.24, 2.45) is 0 Å². The first-order valence-corrected chi connectivity index (χ1v) is 3.34. The summed E-state index contributed by atoms with van der Waals surface area (Å²) < 4.78 is 13.6. The SMILES string of the molecule is Cc1cc[n+](CCF)cc1.[Br-]. The molecular formula is C8H11BrFN. The van der Waals surface area contributed by atoms with Gasteiger partial charge >= 0.3 is 0 Å². The fourth-order valence-corrected chi connectivity index (χ4v) is 0.779. The maximum Gasteiger partial charge on any atom is 0.176 e. The maximum atomic E-state index is 11.8. The van der Waals surface area contributed by atoms with Crippen molar-refractivity contribution in [1.82, 2.24) is 0 Å². The van der Waals surface area contributed by atoms with Crippen LogP contribution in [0.25, 0.3) is 0 Å². The highest BCUT2D eigenvalue weighted by Crippen LogP contribution is 1.89. The minimum absolute atomic E-state index is 0. The zero-order chi connectivity index (χ0) is 7.40. The van der Waals surface area contributed by atoms with Crippen molar-refractivity contribution in [2.75, 3.05) is 6.67 Å². The van der Waals surface area contributed by atoms with Crippen LogP contribution in [0, 0.1) is 6.92 Å². The number of aryl methyl sites for hydroxylation is 2. The highest BCUT2D eigenvalue weighted by atomic mass is 79.9. The predicted molar refractivity (Wildman–Crippen MR) is 37.3 cm³/mol. The predicted octanol–water partition coefficient (Wildman–Crippen LogP) is -1.74. The Kier molecular flexibility index (Phi) is 5.03. The number of nitrogens with zero attached hydrogens (tertiary/aromatic N) is 1. The summed E-state index contributed by atoms with van der Waals surface area (Å²) in [5, 5.41) is 0. The molecule has 1 aromatic heterocycles. The lowest BCUT2D eigenvalue weighted by Crippen LogP contribution is -3.00. The number of rotatable bonds is 2. The van der Waals surface area contributed by atoms with Gasteiger partial charge < -0.3 is 17.0 Å². The van der Waals surface area contributed by atoms with E-state index in [4.69, 9.17) is 0 Å². The van der Waals surface area contributed by atoms with Gasteiger partial charge in [-0.2, -0.15) is 0 Å². The quantitative estimate of drug-likeness (QED) is 0.521. The molecule has 1 rings (SSSR count). The van der Waals surface area contributed by atoms with Gasteiger partial charge in [0.2, 0.25) is 0 Å². The van der Waals surface area contributed by atoms with Crippen molar-refractivity contribution < 1.29 is 25.9 Å². The zero-order valence-electron chi connectivity index (χ0n) is 6.43. The van der Waals surface area contributed by atoms with Gasteiger partial charge in [-0.25, -0.2) is 8.96 Å². The van der Waals surface area contributed by atoms with E-state index >= 15 is 0 Å². The van der Waals surface area contributed by atoms with Crippen LogP contribution in [-0.2, 0) is 6.54 Å². The Balaban J connectivity index is 0.000001000. The molecule has 1 aromatic rings. The second-order valence-electron chi connectivity index (χ2n) is 2.30. The Hall–Kier alpha value is -0.440. The fraction of sp³-hybridized carbons (Fsp3) is 0.375. The molecule has 0 aliphatic rings. The summed E-state index contributed by atoms with van der Waals surface area (Å²) in [6.07, 6.45) is 3.77. The van der Waals surface area contributed by atoms with Crippen LogP contribution in [0.5, 0.6) is 0 Å². The van der Waals surface area contributed by atoms with Gasteiger partial charge in [-0.05, 0) is 12.5 Å². The summed E-state index contributed by atoms with van der Waals surface area (Å²) in [4.78, 5) is 0. The van der Waals surface area contributed by atoms with Gasteiger partial charge in [0.1, 0.15) is 6.67 Å². The average molecular weight is 220 g/mol. The van der Waals surface area contributed by atoms with Gasteiger partial charge in [-0.15, -0.1) is 0 Å². The first kappa shape index (κ1) is 10.6. The van der Waals surface area contributed by atoms with E-state index in [2.05, 4.69) is 0 Å². The lowest BCUT2D eigenvalue weighted by Gasteiger charge is -1.91. The van der Waals surface area contributed by atoms with Crippen LogP contribution in [0.3, 0.4) is 0 Å². The molecule has 0 N–H and O–H groups in total. The smallest absolute Gasteiger partial charge is 0.176 e. The Morgan fingerprint density at radius 3 is 2.36 bits per heavy atom. The standard InChI is InChI=1S/C8H11FN.BrH/c1-8-2-5-10(6-3-8)7-4-9;/h2-3,5-6H,4,7H2,1H3;1H/q+1;/p-1. The number of hydrogen-bond donors (Lipinski definition) is 0. The van der Waals surface area contributed by atoms with Gasteiger partial charge in [-0.1, -0.05) is 0 Å². The molecule has 0 amide bonds. The molecule has 0 radical (unpaired) electrons. The number of halogens is 2. The number of hydrogen-bond acceptors (Lipinski definition) is 0. The van der Waals surface area contributed by atoms with Gasteiger partial charge in [0.05, 0.1) is 0 Å². The van der Waals surface area contributed by atoms with Crippen molar-refractivity contribution in [2.45, 2.75) is 13.5 Å². The van der Waals surface area contributed by atoms with Crippen LogP contribution >= 0.6 is 0 Å². The van der Waals surface area contributed by atoms with E-state index in [1.165, 1.54) is 5.56 Å². The lowest BCUT2D eigenvalue weighted by atomic mass is 10.3. The van der Waals surface area contributed by atoms with Crippen molar-refractivity contribution in [1.29, 1.82) is 0 Å². The van der Waals surface area contributed by atoms with Crippen molar-refractivity contribution in [3.8, 4) is 0 Å². The molecule has 0 fully saturated rings. The van der Waals surface area contributed by atoms with Crippen LogP contribution in [0.4, 0.5) is 4.39 Å². The molecule has 0 aromatic carbocycles. The summed E-state index contributed by atoms with van der Waals surface area (Å²) in [5.41, 5.74) is 1.20. The minimum Gasteiger partial charge on any atom is -1.00 e. The molecule has 11 heavy (non-hydrogen) atoms. The highest BCUT2D eigenvalue weighted by Gasteiger charge is 1.95. The Bertz CT molecular complexity index is 198. The van der Waals surface area contributed by atoms with Gasteiger partial charge in [0, 0.05) is 12.1 Å². The van der Waals surface area contributed by atoms with Gasteiger partial charge in [0.25, 0.3) is 0 Å².